The van der Waals surface area contributed by atoms with Gasteiger partial charge in [0.1, 0.15) is 12.2 Å². The van der Waals surface area contributed by atoms with Crippen LogP contribution in [0.2, 0.25) is 0 Å². The molecule has 0 rings (SSSR count). The molecule has 18 heavy (non-hydrogen) atoms. The molecule has 0 bridgehead atoms. The first-order valence-electron chi connectivity index (χ1n) is 5.78. The fourth-order valence-electron chi connectivity index (χ4n) is 1.15. The minimum Gasteiger partial charge on any atom is -0.461 e. The quantitative estimate of drug-likeness (QED) is 0.536. The highest BCUT2D eigenvalue weighted by Crippen LogP contribution is 2.14. The number of ether oxygens (including phenoxy) is 2. The van der Waals surface area contributed by atoms with Gasteiger partial charge in [0, 0.05) is 10.8 Å². The highest BCUT2D eigenvalue weighted by atomic mass is 35.5. The number of rotatable bonds is 7. The molecule has 0 spiro atoms. The zero-order valence-electron chi connectivity index (χ0n) is 11.2. The fraction of sp³-hybridized carbons (Fsp3) is 0.833. The highest BCUT2D eigenvalue weighted by molar-refractivity contribution is 6.21. The van der Waals surface area contributed by atoms with E-state index in [1.54, 1.807) is 27.7 Å². The molecular weight excluding hydrogens is 279 g/mol. The van der Waals surface area contributed by atoms with Crippen molar-refractivity contribution in [1.29, 1.82) is 0 Å². The first-order chi connectivity index (χ1) is 8.12. The third-order valence-corrected chi connectivity index (χ3v) is 2.18. The van der Waals surface area contributed by atoms with E-state index in [0.29, 0.717) is 0 Å². The molecule has 4 nitrogen and oxygen atoms in total. The van der Waals surface area contributed by atoms with Crippen molar-refractivity contribution in [3.63, 3.8) is 0 Å². The molecule has 0 aliphatic heterocycles. The average molecular weight is 299 g/mol. The summed E-state index contributed by atoms with van der Waals surface area (Å²) in [5.74, 6) is -0.823. The Bertz CT molecular complexity index is 288. The van der Waals surface area contributed by atoms with Crippen molar-refractivity contribution in [2.45, 2.75) is 56.9 Å². The largest absolute Gasteiger partial charge is 0.461 e. The summed E-state index contributed by atoms with van der Waals surface area (Å²) in [5.41, 5.74) is -0.867. The molecule has 6 heteroatoms. The van der Waals surface area contributed by atoms with Gasteiger partial charge >= 0.3 is 11.9 Å². The van der Waals surface area contributed by atoms with Crippen LogP contribution in [0.1, 0.15) is 40.5 Å². The molecule has 0 aromatic rings. The van der Waals surface area contributed by atoms with E-state index in [1.807, 2.05) is 0 Å². The molecule has 0 heterocycles. The van der Waals surface area contributed by atoms with E-state index in [-0.39, 0.29) is 30.2 Å². The lowest BCUT2D eigenvalue weighted by Gasteiger charge is -2.25. The van der Waals surface area contributed by atoms with Crippen LogP contribution in [0.5, 0.6) is 0 Å². The summed E-state index contributed by atoms with van der Waals surface area (Å²) in [6.45, 7) is 6.74. The summed E-state index contributed by atoms with van der Waals surface area (Å²) in [6, 6.07) is 0. The van der Waals surface area contributed by atoms with Gasteiger partial charge in [-0.15, -0.1) is 23.2 Å². The minimum absolute atomic E-state index is 0.00213. The van der Waals surface area contributed by atoms with Crippen LogP contribution in [0.3, 0.4) is 0 Å². The summed E-state index contributed by atoms with van der Waals surface area (Å²) < 4.78 is 10.2. The van der Waals surface area contributed by atoms with E-state index in [0.717, 1.165) is 0 Å². The van der Waals surface area contributed by atoms with Crippen LogP contribution in [0.4, 0.5) is 0 Å². The van der Waals surface area contributed by atoms with Gasteiger partial charge in [-0.1, -0.05) is 0 Å². The zero-order valence-corrected chi connectivity index (χ0v) is 12.7. The van der Waals surface area contributed by atoms with Gasteiger partial charge in [-0.05, 0) is 27.7 Å². The smallest absolute Gasteiger partial charge is 0.307 e. The van der Waals surface area contributed by atoms with Crippen molar-refractivity contribution in [2.24, 2.45) is 0 Å². The van der Waals surface area contributed by atoms with E-state index in [2.05, 4.69) is 0 Å². The van der Waals surface area contributed by atoms with Gasteiger partial charge in [0.25, 0.3) is 0 Å². The predicted octanol–water partition coefficient (Wildman–Crippen LogP) is 2.89. The van der Waals surface area contributed by atoms with Crippen LogP contribution in [0, 0.1) is 0 Å². The Labute approximate surface area is 118 Å². The Morgan fingerprint density at radius 1 is 1.06 bits per heavy atom. The molecule has 0 aromatic carbocycles. The third-order valence-electron chi connectivity index (χ3n) is 1.87. The Hall–Kier alpha value is -0.480. The summed E-state index contributed by atoms with van der Waals surface area (Å²) in [7, 11) is 0. The third kappa shape index (κ3) is 9.54. The number of halogens is 2. The second-order valence-corrected chi connectivity index (χ2v) is 6.35. The first kappa shape index (κ1) is 17.5. The van der Waals surface area contributed by atoms with Gasteiger partial charge in [-0.2, -0.15) is 0 Å². The van der Waals surface area contributed by atoms with Gasteiger partial charge in [0.05, 0.1) is 12.8 Å². The predicted molar refractivity (Wildman–Crippen MR) is 71.0 cm³/mol. The lowest BCUT2D eigenvalue weighted by molar-refractivity contribution is -0.168. The lowest BCUT2D eigenvalue weighted by atomic mass is 10.1. The van der Waals surface area contributed by atoms with Crippen molar-refractivity contribution < 1.29 is 19.1 Å². The fourth-order valence-corrected chi connectivity index (χ4v) is 1.40. The van der Waals surface area contributed by atoms with Crippen LogP contribution in [-0.2, 0) is 19.1 Å². The Morgan fingerprint density at radius 2 is 1.50 bits per heavy atom. The maximum atomic E-state index is 11.4. The van der Waals surface area contributed by atoms with Crippen LogP contribution < -0.4 is 0 Å². The van der Waals surface area contributed by atoms with Gasteiger partial charge in [0.15, 0.2) is 0 Å². The van der Waals surface area contributed by atoms with E-state index in [4.69, 9.17) is 32.7 Å². The second-order valence-electron chi connectivity index (χ2n) is 4.86. The average Bonchev–Trinajstić information content (AvgIpc) is 2.11. The molecule has 0 N–H and O–H groups in total. The number of alkyl halides is 2. The summed E-state index contributed by atoms with van der Waals surface area (Å²) in [4.78, 5) is 22.7. The SMILES string of the molecule is CC(Cl)CC(=O)OCC(C)(C)OC(=O)CC(C)Cl. The Morgan fingerprint density at radius 3 is 1.94 bits per heavy atom. The van der Waals surface area contributed by atoms with Crippen molar-refractivity contribution in [2.75, 3.05) is 6.61 Å². The van der Waals surface area contributed by atoms with E-state index >= 15 is 0 Å². The topological polar surface area (TPSA) is 52.6 Å². The summed E-state index contributed by atoms with van der Waals surface area (Å²) in [5, 5.41) is -0.562. The molecule has 106 valence electrons. The molecule has 0 radical (unpaired) electrons. The molecule has 0 amide bonds. The monoisotopic (exact) mass is 298 g/mol. The van der Waals surface area contributed by atoms with Crippen LogP contribution in [-0.4, -0.2) is 34.9 Å². The molecule has 0 fully saturated rings. The van der Waals surface area contributed by atoms with Crippen molar-refractivity contribution in [3.8, 4) is 0 Å². The molecule has 2 unspecified atom stereocenters. The summed E-state index contributed by atoms with van der Waals surface area (Å²) in [6.07, 6.45) is 0.252. The Kier molecular flexibility index (Phi) is 7.64. The van der Waals surface area contributed by atoms with Crippen LogP contribution in [0.25, 0.3) is 0 Å². The van der Waals surface area contributed by atoms with Crippen molar-refractivity contribution >= 4 is 35.1 Å². The van der Waals surface area contributed by atoms with Gasteiger partial charge in [-0.25, -0.2) is 0 Å². The van der Waals surface area contributed by atoms with Crippen molar-refractivity contribution in [3.05, 3.63) is 0 Å². The molecule has 0 aromatic heterocycles. The molecule has 0 saturated heterocycles. The maximum absolute atomic E-state index is 11.4. The van der Waals surface area contributed by atoms with Crippen LogP contribution in [0.15, 0.2) is 0 Å². The normalized spacial score (nSPS) is 14.8. The number of hydrogen-bond acceptors (Lipinski definition) is 4. The van der Waals surface area contributed by atoms with Crippen LogP contribution >= 0.6 is 23.2 Å². The standard InChI is InChI=1S/C12H20Cl2O4/c1-8(13)5-10(15)17-7-12(3,4)18-11(16)6-9(2)14/h8-9H,5-7H2,1-4H3. The molecule has 2 atom stereocenters. The van der Waals surface area contributed by atoms with E-state index in [9.17, 15) is 9.59 Å². The molecule has 0 saturated carbocycles. The second kappa shape index (κ2) is 7.85. The highest BCUT2D eigenvalue weighted by Gasteiger charge is 2.25. The summed E-state index contributed by atoms with van der Waals surface area (Å²) >= 11 is 11.3. The van der Waals surface area contributed by atoms with E-state index in [1.165, 1.54) is 0 Å². The number of carbonyl (C=O) groups is 2. The van der Waals surface area contributed by atoms with Gasteiger partial charge < -0.3 is 9.47 Å². The first-order valence-corrected chi connectivity index (χ1v) is 6.65. The number of esters is 2. The molecule has 0 aliphatic rings. The van der Waals surface area contributed by atoms with Gasteiger partial charge in [0.2, 0.25) is 0 Å². The minimum atomic E-state index is -0.867. The molecular formula is C12H20Cl2O4. The Balaban J connectivity index is 4.07. The van der Waals surface area contributed by atoms with Crippen molar-refractivity contribution in [1.82, 2.24) is 0 Å². The van der Waals surface area contributed by atoms with E-state index < -0.39 is 17.5 Å². The maximum Gasteiger partial charge on any atom is 0.307 e. The number of hydrogen-bond donors (Lipinski definition) is 0. The van der Waals surface area contributed by atoms with Gasteiger partial charge in [-0.3, -0.25) is 9.59 Å². The number of carbonyl (C=O) groups excluding carboxylic acids is 2. The molecule has 0 aliphatic carbocycles. The zero-order chi connectivity index (χ0) is 14.3. The lowest BCUT2D eigenvalue weighted by Crippen LogP contribution is -2.35.